The highest BCUT2D eigenvalue weighted by Gasteiger charge is 2.36. The Morgan fingerprint density at radius 3 is 2.18 bits per heavy atom. The number of hydrogen-bond acceptors (Lipinski definition) is 3. The van der Waals surface area contributed by atoms with Crippen LogP contribution in [0.25, 0.3) is 0 Å². The smallest absolute Gasteiger partial charge is 0.0461 e. The summed E-state index contributed by atoms with van der Waals surface area (Å²) in [4.78, 5) is 8.30. The average Bonchev–Trinajstić information content (AvgIpc) is 3.12. The molecule has 0 aliphatic heterocycles. The van der Waals surface area contributed by atoms with E-state index in [2.05, 4.69) is 130 Å². The summed E-state index contributed by atoms with van der Waals surface area (Å²) in [6, 6.07) is 13.0. The van der Waals surface area contributed by atoms with Gasteiger partial charge in [-0.05, 0) is 120 Å². The van der Waals surface area contributed by atoms with E-state index in [-0.39, 0.29) is 0 Å². The highest BCUT2D eigenvalue weighted by atomic mass is 15.2. The first-order valence-corrected chi connectivity index (χ1v) is 17.9. The summed E-state index contributed by atoms with van der Waals surface area (Å²) >= 11 is 0. The van der Waals surface area contributed by atoms with E-state index in [1.54, 1.807) is 0 Å². The summed E-state index contributed by atoms with van der Waals surface area (Å²) in [5.41, 5.74) is 6.86. The van der Waals surface area contributed by atoms with Crippen LogP contribution in [0.3, 0.4) is 0 Å². The Morgan fingerprint density at radius 2 is 1.49 bits per heavy atom. The van der Waals surface area contributed by atoms with Gasteiger partial charge in [0.25, 0.3) is 0 Å². The van der Waals surface area contributed by atoms with Crippen LogP contribution in [-0.4, -0.2) is 34.0 Å². The molecule has 0 aromatic heterocycles. The van der Waals surface area contributed by atoms with E-state index in [1.165, 1.54) is 73.4 Å². The lowest BCUT2D eigenvalue weighted by atomic mass is 9.88. The molecule has 6 aliphatic carbocycles. The van der Waals surface area contributed by atoms with Crippen LogP contribution in [0.1, 0.15) is 89.9 Å². The van der Waals surface area contributed by atoms with Gasteiger partial charge in [-0.3, -0.25) is 4.90 Å². The Morgan fingerprint density at radius 1 is 0.644 bits per heavy atom. The van der Waals surface area contributed by atoms with Gasteiger partial charge in [0.1, 0.15) is 0 Å². The molecule has 7 rings (SSSR count). The van der Waals surface area contributed by atoms with Gasteiger partial charge in [0.2, 0.25) is 0 Å². The molecule has 0 fully saturated rings. The zero-order valence-electron chi connectivity index (χ0n) is 27.0. The minimum Gasteiger partial charge on any atom is -0.345 e. The number of anilines is 1. The van der Waals surface area contributed by atoms with Gasteiger partial charge in [0, 0.05) is 59.1 Å². The fourth-order valence-corrected chi connectivity index (χ4v) is 8.37. The monoisotopic (exact) mass is 597 g/mol. The molecule has 0 spiro atoms. The largest absolute Gasteiger partial charge is 0.345 e. The van der Waals surface area contributed by atoms with Crippen molar-refractivity contribution >= 4 is 5.69 Å². The van der Waals surface area contributed by atoms with E-state index >= 15 is 0 Å². The fourth-order valence-electron chi connectivity index (χ4n) is 8.37. The zero-order chi connectivity index (χ0) is 30.3. The number of nitrogens with zero attached hydrogens (tertiary/aromatic N) is 3. The summed E-state index contributed by atoms with van der Waals surface area (Å²) in [6.07, 6.45) is 50.5. The van der Waals surface area contributed by atoms with Gasteiger partial charge in [0.05, 0.1) is 0 Å². The molecular weight excluding hydrogens is 546 g/mol. The Balaban J connectivity index is 1.37. The molecule has 6 aliphatic rings. The van der Waals surface area contributed by atoms with Gasteiger partial charge in [-0.2, -0.15) is 0 Å². The molecule has 3 nitrogen and oxygen atoms in total. The van der Waals surface area contributed by atoms with Gasteiger partial charge in [0.15, 0.2) is 0 Å². The van der Waals surface area contributed by atoms with E-state index in [1.807, 2.05) is 0 Å². The number of benzene rings is 1. The molecule has 0 bridgehead atoms. The standard InChI is InChI=1S/C42H51N3/c1-7-19-34(20-8-1)43(35-21-9-2-10-22-35)40-31-41(44(36-23-11-3-12-24-36)37-25-13-4-14-26-37)33-42(32-40)45(38-27-15-5-16-28-38)39-29-17-6-18-30-39/h1-3,5,7,9,11-13,15,17,19,23-26,29,31,33,35,38-39,42H,4,6,8,10,14,16,18,20-22,27-28,30,32H2. The van der Waals surface area contributed by atoms with Crippen LogP contribution >= 0.6 is 0 Å². The minimum atomic E-state index is 0.338. The summed E-state index contributed by atoms with van der Waals surface area (Å²) in [6.45, 7) is 0. The maximum atomic E-state index is 2.95. The van der Waals surface area contributed by atoms with Crippen LogP contribution in [0.4, 0.5) is 5.69 Å². The normalized spacial score (nSPS) is 27.9. The van der Waals surface area contributed by atoms with Crippen molar-refractivity contribution in [1.82, 2.24) is 9.80 Å². The van der Waals surface area contributed by atoms with Crippen LogP contribution in [-0.2, 0) is 0 Å². The Bertz CT molecular complexity index is 1450. The average molecular weight is 598 g/mol. The zero-order valence-corrected chi connectivity index (χ0v) is 27.0. The fraction of sp³-hybridized carbons (Fsp3) is 0.429. The van der Waals surface area contributed by atoms with Gasteiger partial charge in [-0.25, -0.2) is 0 Å². The van der Waals surface area contributed by atoms with Crippen LogP contribution in [0.2, 0.25) is 0 Å². The quantitative estimate of drug-likeness (QED) is 0.262. The highest BCUT2D eigenvalue weighted by Crippen LogP contribution is 2.40. The van der Waals surface area contributed by atoms with Crippen molar-refractivity contribution in [2.45, 2.75) is 114 Å². The van der Waals surface area contributed by atoms with Crippen LogP contribution < -0.4 is 4.90 Å². The van der Waals surface area contributed by atoms with Gasteiger partial charge in [-0.15, -0.1) is 0 Å². The van der Waals surface area contributed by atoms with Crippen molar-refractivity contribution in [2.75, 3.05) is 4.90 Å². The third-order valence-corrected chi connectivity index (χ3v) is 10.5. The maximum absolute atomic E-state index is 2.95. The SMILES string of the molecule is C1=CCCC(N(C2=CC(N(C3=CCCC=C3)c3ccccc3)=CC(N(C3C=CCCC3)C3CC=CCC3)C2)C2CC=CCC2)=C1. The van der Waals surface area contributed by atoms with Gasteiger partial charge in [-0.1, -0.05) is 79.0 Å². The van der Waals surface area contributed by atoms with Crippen LogP contribution in [0, 0.1) is 0 Å². The second kappa shape index (κ2) is 14.7. The summed E-state index contributed by atoms with van der Waals surface area (Å²) in [5, 5.41) is 0. The van der Waals surface area contributed by atoms with Crippen molar-refractivity contribution in [1.29, 1.82) is 0 Å². The molecule has 0 heterocycles. The van der Waals surface area contributed by atoms with E-state index in [9.17, 15) is 0 Å². The molecule has 4 atom stereocenters. The molecule has 3 heteroatoms. The lowest BCUT2D eigenvalue weighted by Crippen LogP contribution is -2.51. The predicted molar refractivity (Wildman–Crippen MR) is 190 cm³/mol. The van der Waals surface area contributed by atoms with E-state index in [0.717, 1.165) is 44.9 Å². The van der Waals surface area contributed by atoms with Crippen molar-refractivity contribution in [3.05, 3.63) is 138 Å². The predicted octanol–water partition coefficient (Wildman–Crippen LogP) is 10.4. The number of para-hydroxylation sites is 1. The summed E-state index contributed by atoms with van der Waals surface area (Å²) in [7, 11) is 0. The maximum Gasteiger partial charge on any atom is 0.0461 e. The van der Waals surface area contributed by atoms with Gasteiger partial charge >= 0.3 is 0 Å². The molecule has 1 aromatic rings. The molecule has 0 N–H and O–H groups in total. The third-order valence-electron chi connectivity index (χ3n) is 10.5. The molecule has 0 saturated heterocycles. The van der Waals surface area contributed by atoms with Crippen molar-refractivity contribution in [2.24, 2.45) is 0 Å². The van der Waals surface area contributed by atoms with E-state index < -0.39 is 0 Å². The lowest BCUT2D eigenvalue weighted by molar-refractivity contribution is 0.1000. The number of rotatable bonds is 9. The first-order valence-electron chi connectivity index (χ1n) is 17.9. The van der Waals surface area contributed by atoms with Crippen molar-refractivity contribution < 1.29 is 0 Å². The summed E-state index contributed by atoms with van der Waals surface area (Å²) < 4.78 is 0. The highest BCUT2D eigenvalue weighted by molar-refractivity contribution is 5.64. The third kappa shape index (κ3) is 6.99. The number of allylic oxidation sites excluding steroid dienone is 11. The Labute approximate surface area is 272 Å². The van der Waals surface area contributed by atoms with Crippen molar-refractivity contribution in [3.63, 3.8) is 0 Å². The lowest BCUT2D eigenvalue weighted by Gasteiger charge is -2.47. The Kier molecular flexibility index (Phi) is 9.83. The first kappa shape index (κ1) is 30.1. The second-order valence-corrected chi connectivity index (χ2v) is 13.5. The molecule has 0 radical (unpaired) electrons. The number of hydrogen-bond donors (Lipinski definition) is 0. The van der Waals surface area contributed by atoms with Crippen LogP contribution in [0.5, 0.6) is 0 Å². The summed E-state index contributed by atoms with van der Waals surface area (Å²) in [5.74, 6) is 0. The topological polar surface area (TPSA) is 9.72 Å². The molecular formula is C42H51N3. The van der Waals surface area contributed by atoms with Crippen LogP contribution in [0.15, 0.2) is 138 Å². The minimum absolute atomic E-state index is 0.338. The van der Waals surface area contributed by atoms with Gasteiger partial charge < -0.3 is 9.80 Å². The second-order valence-electron chi connectivity index (χ2n) is 13.5. The van der Waals surface area contributed by atoms with E-state index in [0.29, 0.717) is 24.2 Å². The molecule has 234 valence electrons. The Hall–Kier alpha value is -3.56. The van der Waals surface area contributed by atoms with Crippen molar-refractivity contribution in [3.8, 4) is 0 Å². The first-order chi connectivity index (χ1) is 22.3. The van der Waals surface area contributed by atoms with E-state index in [4.69, 9.17) is 0 Å². The molecule has 1 aromatic carbocycles. The molecule has 0 amide bonds. The molecule has 4 unspecified atom stereocenters. The molecule has 0 saturated carbocycles. The molecule has 45 heavy (non-hydrogen) atoms.